The highest BCUT2D eigenvalue weighted by molar-refractivity contribution is 7.99. The predicted molar refractivity (Wildman–Crippen MR) is 103 cm³/mol. The van der Waals surface area contributed by atoms with Gasteiger partial charge in [-0.3, -0.25) is 0 Å². The molecule has 2 aliphatic heterocycles. The van der Waals surface area contributed by atoms with Gasteiger partial charge in [0.15, 0.2) is 5.16 Å². The van der Waals surface area contributed by atoms with Crippen LogP contribution in [0.5, 0.6) is 5.75 Å². The normalized spacial score (nSPS) is 25.5. The van der Waals surface area contributed by atoms with Crippen LogP contribution in [-0.4, -0.2) is 47.2 Å². The zero-order valence-corrected chi connectivity index (χ0v) is 16.9. The summed E-state index contributed by atoms with van der Waals surface area (Å²) in [7, 11) is -1.41. The van der Waals surface area contributed by atoms with Gasteiger partial charge >= 0.3 is 0 Å². The summed E-state index contributed by atoms with van der Waals surface area (Å²) >= 11 is 1.83. The Kier molecular flexibility index (Phi) is 4.25. The minimum atomic E-state index is -3.42. The fourth-order valence-corrected chi connectivity index (χ4v) is 7.52. The SMILES string of the molecule is Cn1ccnc1SC1C[C@H]2CN(S(=O)(=O)c3ccc4c(c3)CCO4)C[C@@H]2C1. The van der Waals surface area contributed by atoms with Gasteiger partial charge in [0, 0.05) is 44.2 Å². The van der Waals surface area contributed by atoms with Crippen LogP contribution in [0.1, 0.15) is 18.4 Å². The number of hydrogen-bond acceptors (Lipinski definition) is 5. The third-order valence-electron chi connectivity index (χ3n) is 6.02. The first-order valence-corrected chi connectivity index (χ1v) is 11.7. The summed E-state index contributed by atoms with van der Waals surface area (Å²) in [5.41, 5.74) is 1.00. The van der Waals surface area contributed by atoms with Crippen molar-refractivity contribution in [1.82, 2.24) is 13.9 Å². The van der Waals surface area contributed by atoms with Crippen molar-refractivity contribution in [2.24, 2.45) is 18.9 Å². The molecule has 0 radical (unpaired) electrons. The van der Waals surface area contributed by atoms with Gasteiger partial charge in [0.25, 0.3) is 0 Å². The van der Waals surface area contributed by atoms with E-state index in [1.165, 1.54) is 0 Å². The Morgan fingerprint density at radius 1 is 1.22 bits per heavy atom. The lowest BCUT2D eigenvalue weighted by atomic mass is 10.0. The fourth-order valence-electron chi connectivity index (χ4n) is 4.58. The largest absolute Gasteiger partial charge is 0.493 e. The van der Waals surface area contributed by atoms with Crippen molar-refractivity contribution in [2.45, 2.75) is 34.6 Å². The highest BCUT2D eigenvalue weighted by Gasteiger charge is 2.45. The average Bonchev–Trinajstić information content (AvgIpc) is 3.39. The molecule has 1 aromatic carbocycles. The van der Waals surface area contributed by atoms with Gasteiger partial charge in [-0.2, -0.15) is 4.31 Å². The molecule has 6 nitrogen and oxygen atoms in total. The van der Waals surface area contributed by atoms with Crippen molar-refractivity contribution in [1.29, 1.82) is 0 Å². The van der Waals surface area contributed by atoms with Crippen LogP contribution in [-0.2, 0) is 23.5 Å². The molecule has 2 atom stereocenters. The molecule has 144 valence electrons. The van der Waals surface area contributed by atoms with Crippen LogP contribution in [0.2, 0.25) is 0 Å². The molecule has 1 saturated carbocycles. The predicted octanol–water partition coefficient (Wildman–Crippen LogP) is 2.55. The molecular formula is C19H23N3O3S2. The van der Waals surface area contributed by atoms with E-state index in [-0.39, 0.29) is 0 Å². The molecule has 3 aliphatic rings. The molecule has 2 fully saturated rings. The maximum Gasteiger partial charge on any atom is 0.243 e. The average molecular weight is 406 g/mol. The quantitative estimate of drug-likeness (QED) is 0.782. The van der Waals surface area contributed by atoms with E-state index < -0.39 is 10.0 Å². The number of rotatable bonds is 4. The number of aromatic nitrogens is 2. The van der Waals surface area contributed by atoms with E-state index in [0.717, 1.165) is 35.7 Å². The Morgan fingerprint density at radius 2 is 2.00 bits per heavy atom. The number of ether oxygens (including phenoxy) is 1. The first kappa shape index (κ1) is 17.6. The molecule has 0 N–H and O–H groups in total. The smallest absolute Gasteiger partial charge is 0.243 e. The van der Waals surface area contributed by atoms with Crippen LogP contribution in [0.25, 0.3) is 0 Å². The van der Waals surface area contributed by atoms with E-state index in [4.69, 9.17) is 4.74 Å². The lowest BCUT2D eigenvalue weighted by molar-refractivity contribution is 0.356. The van der Waals surface area contributed by atoms with E-state index in [1.807, 2.05) is 35.8 Å². The molecule has 8 heteroatoms. The third kappa shape index (κ3) is 3.07. The van der Waals surface area contributed by atoms with E-state index in [9.17, 15) is 8.42 Å². The number of sulfonamides is 1. The van der Waals surface area contributed by atoms with E-state index in [0.29, 0.717) is 41.7 Å². The van der Waals surface area contributed by atoms with E-state index in [1.54, 1.807) is 22.5 Å². The number of fused-ring (bicyclic) bond motifs is 2. The molecule has 2 aromatic rings. The Labute approximate surface area is 164 Å². The molecule has 1 aliphatic carbocycles. The van der Waals surface area contributed by atoms with Crippen LogP contribution in [0.3, 0.4) is 0 Å². The van der Waals surface area contributed by atoms with Crippen LogP contribution in [0, 0.1) is 11.8 Å². The summed E-state index contributed by atoms with van der Waals surface area (Å²) < 4.78 is 35.5. The lowest BCUT2D eigenvalue weighted by Crippen LogP contribution is -2.30. The van der Waals surface area contributed by atoms with Gasteiger partial charge in [0.05, 0.1) is 11.5 Å². The van der Waals surface area contributed by atoms with Gasteiger partial charge in [-0.25, -0.2) is 13.4 Å². The summed E-state index contributed by atoms with van der Waals surface area (Å²) in [5, 5.41) is 1.58. The molecule has 0 bridgehead atoms. The highest BCUT2D eigenvalue weighted by Crippen LogP contribution is 2.46. The summed E-state index contributed by atoms with van der Waals surface area (Å²) in [6.07, 6.45) is 6.71. The van der Waals surface area contributed by atoms with Crippen molar-refractivity contribution in [3.8, 4) is 5.75 Å². The van der Waals surface area contributed by atoms with Gasteiger partial charge in [-0.1, -0.05) is 11.8 Å². The molecule has 0 amide bonds. The van der Waals surface area contributed by atoms with Gasteiger partial charge in [0.2, 0.25) is 10.0 Å². The van der Waals surface area contributed by atoms with E-state index in [2.05, 4.69) is 4.98 Å². The summed E-state index contributed by atoms with van der Waals surface area (Å²) in [4.78, 5) is 4.81. The second-order valence-corrected chi connectivity index (χ2v) is 10.9. The summed E-state index contributed by atoms with van der Waals surface area (Å²) in [6.45, 7) is 1.91. The van der Waals surface area contributed by atoms with Gasteiger partial charge in [-0.05, 0) is 48.4 Å². The van der Waals surface area contributed by atoms with Gasteiger partial charge < -0.3 is 9.30 Å². The number of thioether (sulfide) groups is 1. The van der Waals surface area contributed by atoms with Crippen LogP contribution in [0.15, 0.2) is 40.6 Å². The number of hydrogen-bond donors (Lipinski definition) is 0. The molecule has 0 spiro atoms. The maximum atomic E-state index is 13.1. The Bertz CT molecular complexity index is 958. The molecular weight excluding hydrogens is 382 g/mol. The number of nitrogens with zero attached hydrogens (tertiary/aromatic N) is 3. The molecule has 5 rings (SSSR count). The molecule has 1 aromatic heterocycles. The minimum absolute atomic E-state index is 0.408. The molecule has 0 unspecified atom stereocenters. The van der Waals surface area contributed by atoms with Crippen LogP contribution < -0.4 is 4.74 Å². The standard InChI is InChI=1S/C19H23N3O3S2/c1-21-6-5-20-19(21)26-16-8-14-11-22(12-15(14)9-16)27(23,24)17-2-3-18-13(10-17)4-7-25-18/h2-3,5-6,10,14-16H,4,7-9,11-12H2,1H3/t14-,15-/m0/s1. The van der Waals surface area contributed by atoms with Crippen molar-refractivity contribution in [2.75, 3.05) is 19.7 Å². The topological polar surface area (TPSA) is 64.4 Å². The monoisotopic (exact) mass is 405 g/mol. The van der Waals surface area contributed by atoms with Crippen molar-refractivity contribution in [3.63, 3.8) is 0 Å². The third-order valence-corrected chi connectivity index (χ3v) is 9.17. The Hall–Kier alpha value is -1.51. The number of aryl methyl sites for hydroxylation is 1. The van der Waals surface area contributed by atoms with Gasteiger partial charge in [0.1, 0.15) is 5.75 Å². The fraction of sp³-hybridized carbons (Fsp3) is 0.526. The van der Waals surface area contributed by atoms with E-state index >= 15 is 0 Å². The van der Waals surface area contributed by atoms with Crippen molar-refractivity contribution in [3.05, 3.63) is 36.2 Å². The Morgan fingerprint density at radius 3 is 2.70 bits per heavy atom. The zero-order valence-electron chi connectivity index (χ0n) is 15.2. The van der Waals surface area contributed by atoms with Crippen LogP contribution in [0.4, 0.5) is 0 Å². The van der Waals surface area contributed by atoms with Gasteiger partial charge in [-0.15, -0.1) is 0 Å². The maximum absolute atomic E-state index is 13.1. The molecule has 3 heterocycles. The van der Waals surface area contributed by atoms with Crippen molar-refractivity contribution < 1.29 is 13.2 Å². The molecule has 1 saturated heterocycles. The second-order valence-electron chi connectivity index (χ2n) is 7.74. The first-order chi connectivity index (χ1) is 13.0. The zero-order chi connectivity index (χ0) is 18.6. The lowest BCUT2D eigenvalue weighted by Gasteiger charge is -2.19. The molecule has 27 heavy (non-hydrogen) atoms. The van der Waals surface area contributed by atoms with Crippen molar-refractivity contribution >= 4 is 21.8 Å². The van der Waals surface area contributed by atoms with Crippen LogP contribution >= 0.6 is 11.8 Å². The number of imidazole rings is 1. The summed E-state index contributed by atoms with van der Waals surface area (Å²) in [5.74, 6) is 1.73. The minimum Gasteiger partial charge on any atom is -0.493 e. The summed E-state index contributed by atoms with van der Waals surface area (Å²) in [6, 6.07) is 5.28. The Balaban J connectivity index is 1.27. The number of benzene rings is 1. The second kappa shape index (κ2) is 6.53. The first-order valence-electron chi connectivity index (χ1n) is 9.40. The highest BCUT2D eigenvalue weighted by atomic mass is 32.2.